The number of amides is 1. The highest BCUT2D eigenvalue weighted by Gasteiger charge is 2.50. The molecule has 3 rings (SSSR count). The fourth-order valence-corrected chi connectivity index (χ4v) is 3.83. The molecule has 0 saturated heterocycles. The highest BCUT2D eigenvalue weighted by molar-refractivity contribution is 6.11. The third kappa shape index (κ3) is 2.80. The highest BCUT2D eigenvalue weighted by Crippen LogP contribution is 2.46. The second kappa shape index (κ2) is 6.44. The number of nitrogens with zero attached hydrogens (tertiary/aromatic N) is 1. The second-order valence-corrected chi connectivity index (χ2v) is 6.55. The van der Waals surface area contributed by atoms with Crippen molar-refractivity contribution in [3.8, 4) is 0 Å². The Morgan fingerprint density at radius 2 is 1.87 bits per heavy atom. The maximum Gasteiger partial charge on any atom is 0.256 e. The molecule has 3 nitrogen and oxygen atoms in total. The maximum absolute atomic E-state index is 13.2. The van der Waals surface area contributed by atoms with E-state index in [-0.39, 0.29) is 11.7 Å². The normalized spacial score (nSPS) is 24.3. The van der Waals surface area contributed by atoms with Crippen molar-refractivity contribution >= 4 is 11.6 Å². The number of halogens is 1. The summed E-state index contributed by atoms with van der Waals surface area (Å²) in [5.74, 6) is -0.446. The highest BCUT2D eigenvalue weighted by atomic mass is 19.1. The van der Waals surface area contributed by atoms with Crippen LogP contribution >= 0.6 is 0 Å². The Kier molecular flexibility index (Phi) is 4.53. The summed E-state index contributed by atoms with van der Waals surface area (Å²) in [7, 11) is 0. The Hall–Kier alpha value is -1.68. The van der Waals surface area contributed by atoms with Gasteiger partial charge in [-0.05, 0) is 68.4 Å². The number of hydrogen-bond acceptors (Lipinski definition) is 2. The molecule has 0 spiro atoms. The predicted molar refractivity (Wildman–Crippen MR) is 88.5 cm³/mol. The third-order valence-electron chi connectivity index (χ3n) is 5.00. The summed E-state index contributed by atoms with van der Waals surface area (Å²) in [6, 6.07) is 5.84. The molecule has 124 valence electrons. The molecular weight excluding hydrogens is 293 g/mol. The minimum Gasteiger partial charge on any atom is -0.367 e. The Morgan fingerprint density at radius 1 is 1.17 bits per heavy atom. The summed E-state index contributed by atoms with van der Waals surface area (Å²) in [4.78, 5) is 14.4. The standard InChI is InChI=1S/C19H24FNO2/c1-2-3-6-13-19(23)17-8-5-4-7-16(17)18(22)21(19)15-11-9-14(20)10-12-15/h9-12,23H,2-8,13H2,1H3. The van der Waals surface area contributed by atoms with Crippen LogP contribution in [0, 0.1) is 5.82 Å². The number of unbranched alkanes of at least 4 members (excludes halogenated alkanes) is 2. The van der Waals surface area contributed by atoms with Gasteiger partial charge in [-0.25, -0.2) is 4.39 Å². The molecule has 1 aromatic carbocycles. The van der Waals surface area contributed by atoms with E-state index in [2.05, 4.69) is 6.92 Å². The van der Waals surface area contributed by atoms with Gasteiger partial charge < -0.3 is 5.11 Å². The summed E-state index contributed by atoms with van der Waals surface area (Å²) in [5.41, 5.74) is 1.01. The van der Waals surface area contributed by atoms with Crippen LogP contribution in [-0.2, 0) is 4.79 Å². The van der Waals surface area contributed by atoms with Gasteiger partial charge in [0, 0.05) is 11.3 Å². The van der Waals surface area contributed by atoms with E-state index in [0.29, 0.717) is 12.1 Å². The van der Waals surface area contributed by atoms with Crippen molar-refractivity contribution in [2.75, 3.05) is 4.90 Å². The molecule has 4 heteroatoms. The van der Waals surface area contributed by atoms with Crippen molar-refractivity contribution < 1.29 is 14.3 Å². The van der Waals surface area contributed by atoms with Gasteiger partial charge in [0.2, 0.25) is 0 Å². The summed E-state index contributed by atoms with van der Waals surface area (Å²) in [6.45, 7) is 2.12. The molecule has 0 fully saturated rings. The Labute approximate surface area is 136 Å². The van der Waals surface area contributed by atoms with Crippen LogP contribution in [0.1, 0.15) is 58.3 Å². The van der Waals surface area contributed by atoms with Crippen molar-refractivity contribution in [1.29, 1.82) is 0 Å². The van der Waals surface area contributed by atoms with Crippen LogP contribution in [0.5, 0.6) is 0 Å². The first-order chi connectivity index (χ1) is 11.1. The van der Waals surface area contributed by atoms with Crippen molar-refractivity contribution in [2.24, 2.45) is 0 Å². The summed E-state index contributed by atoms with van der Waals surface area (Å²) in [5, 5.41) is 11.4. The fraction of sp³-hybridized carbons (Fsp3) is 0.526. The molecule has 2 aliphatic rings. The smallest absolute Gasteiger partial charge is 0.256 e. The van der Waals surface area contributed by atoms with Gasteiger partial charge in [-0.3, -0.25) is 9.69 Å². The Morgan fingerprint density at radius 3 is 2.57 bits per heavy atom. The van der Waals surface area contributed by atoms with Gasteiger partial charge in [0.15, 0.2) is 5.72 Å². The van der Waals surface area contributed by atoms with Crippen molar-refractivity contribution in [1.82, 2.24) is 0 Å². The third-order valence-corrected chi connectivity index (χ3v) is 5.00. The van der Waals surface area contributed by atoms with E-state index in [4.69, 9.17) is 0 Å². The number of anilines is 1. The van der Waals surface area contributed by atoms with Gasteiger partial charge in [0.05, 0.1) is 0 Å². The minimum absolute atomic E-state index is 0.106. The summed E-state index contributed by atoms with van der Waals surface area (Å²) in [6.07, 6.45) is 7.02. The zero-order valence-corrected chi connectivity index (χ0v) is 13.6. The maximum atomic E-state index is 13.2. The average molecular weight is 317 g/mol. The predicted octanol–water partition coefficient (Wildman–Crippen LogP) is 4.31. The largest absolute Gasteiger partial charge is 0.367 e. The molecular formula is C19H24FNO2. The molecule has 1 aliphatic heterocycles. The lowest BCUT2D eigenvalue weighted by molar-refractivity contribution is -0.117. The average Bonchev–Trinajstić information content (AvgIpc) is 2.78. The van der Waals surface area contributed by atoms with Gasteiger partial charge in [-0.1, -0.05) is 19.8 Å². The first-order valence-electron chi connectivity index (χ1n) is 8.63. The van der Waals surface area contributed by atoms with Gasteiger partial charge in [0.1, 0.15) is 5.82 Å². The zero-order valence-electron chi connectivity index (χ0n) is 13.6. The Bertz CT molecular complexity index is 623. The van der Waals surface area contributed by atoms with E-state index in [1.54, 1.807) is 12.1 Å². The van der Waals surface area contributed by atoms with Crippen LogP contribution in [-0.4, -0.2) is 16.7 Å². The Balaban J connectivity index is 1.99. The molecule has 23 heavy (non-hydrogen) atoms. The van der Waals surface area contributed by atoms with Crippen molar-refractivity contribution in [3.05, 3.63) is 41.2 Å². The van der Waals surface area contributed by atoms with Crippen LogP contribution in [0.4, 0.5) is 10.1 Å². The van der Waals surface area contributed by atoms with Crippen LogP contribution in [0.2, 0.25) is 0 Å². The van der Waals surface area contributed by atoms with Crippen LogP contribution in [0.3, 0.4) is 0 Å². The van der Waals surface area contributed by atoms with Gasteiger partial charge in [0.25, 0.3) is 5.91 Å². The topological polar surface area (TPSA) is 40.5 Å². The molecule has 1 aromatic rings. The van der Waals surface area contributed by atoms with E-state index < -0.39 is 5.72 Å². The molecule has 1 N–H and O–H groups in total. The molecule has 0 radical (unpaired) electrons. The molecule has 1 amide bonds. The van der Waals surface area contributed by atoms with E-state index in [0.717, 1.165) is 56.1 Å². The van der Waals surface area contributed by atoms with Gasteiger partial charge >= 0.3 is 0 Å². The first-order valence-corrected chi connectivity index (χ1v) is 8.63. The molecule has 0 aromatic heterocycles. The quantitative estimate of drug-likeness (QED) is 0.822. The second-order valence-electron chi connectivity index (χ2n) is 6.55. The number of carbonyl (C=O) groups excluding carboxylic acids is 1. The molecule has 0 bridgehead atoms. The van der Waals surface area contributed by atoms with E-state index in [1.807, 2.05) is 0 Å². The summed E-state index contributed by atoms with van der Waals surface area (Å²) < 4.78 is 13.2. The van der Waals surface area contributed by atoms with Crippen LogP contribution in [0.15, 0.2) is 35.4 Å². The molecule has 1 aliphatic carbocycles. The first kappa shape index (κ1) is 16.2. The lowest BCUT2D eigenvalue weighted by Gasteiger charge is -2.36. The zero-order chi connectivity index (χ0) is 16.4. The number of aliphatic hydroxyl groups is 1. The SMILES string of the molecule is CCCCCC1(O)C2=C(CCCC2)C(=O)N1c1ccc(F)cc1. The number of hydrogen-bond donors (Lipinski definition) is 1. The van der Waals surface area contributed by atoms with Crippen molar-refractivity contribution in [3.63, 3.8) is 0 Å². The van der Waals surface area contributed by atoms with Crippen LogP contribution < -0.4 is 4.90 Å². The number of rotatable bonds is 5. The summed E-state index contributed by atoms with van der Waals surface area (Å²) >= 11 is 0. The molecule has 1 atom stereocenters. The lowest BCUT2D eigenvalue weighted by Crippen LogP contribution is -2.48. The number of benzene rings is 1. The van der Waals surface area contributed by atoms with E-state index >= 15 is 0 Å². The van der Waals surface area contributed by atoms with Gasteiger partial charge in [-0.2, -0.15) is 0 Å². The van der Waals surface area contributed by atoms with E-state index in [9.17, 15) is 14.3 Å². The lowest BCUT2D eigenvalue weighted by atomic mass is 9.86. The van der Waals surface area contributed by atoms with E-state index in [1.165, 1.54) is 17.0 Å². The fourth-order valence-electron chi connectivity index (χ4n) is 3.83. The molecule has 1 unspecified atom stereocenters. The molecule has 0 saturated carbocycles. The number of carbonyl (C=O) groups is 1. The minimum atomic E-state index is -1.24. The van der Waals surface area contributed by atoms with Crippen molar-refractivity contribution in [2.45, 2.75) is 64.0 Å². The van der Waals surface area contributed by atoms with Crippen LogP contribution in [0.25, 0.3) is 0 Å². The monoisotopic (exact) mass is 317 g/mol. The molecule has 1 heterocycles. The van der Waals surface area contributed by atoms with Gasteiger partial charge in [-0.15, -0.1) is 0 Å².